The van der Waals surface area contributed by atoms with Crippen molar-refractivity contribution in [2.75, 3.05) is 29.9 Å². The van der Waals surface area contributed by atoms with Gasteiger partial charge in [-0.25, -0.2) is 4.98 Å². The maximum Gasteiger partial charge on any atom is 0.416 e. The molecular formula is C20H24F3N3. The van der Waals surface area contributed by atoms with E-state index in [9.17, 15) is 13.2 Å². The number of pyridine rings is 1. The van der Waals surface area contributed by atoms with Gasteiger partial charge in [-0.1, -0.05) is 26.0 Å². The summed E-state index contributed by atoms with van der Waals surface area (Å²) in [5, 5.41) is 3.34. The molecule has 0 aliphatic carbocycles. The fourth-order valence-corrected chi connectivity index (χ4v) is 3.33. The van der Waals surface area contributed by atoms with E-state index in [-0.39, 0.29) is 5.92 Å². The summed E-state index contributed by atoms with van der Waals surface area (Å²) < 4.78 is 39.4. The van der Waals surface area contributed by atoms with Crippen molar-refractivity contribution in [1.82, 2.24) is 4.98 Å². The third-order valence-electron chi connectivity index (χ3n) is 4.74. The number of alkyl halides is 3. The van der Waals surface area contributed by atoms with Gasteiger partial charge in [-0.15, -0.1) is 0 Å². The molecule has 2 aromatic rings. The molecule has 1 aromatic carbocycles. The predicted octanol–water partition coefficient (Wildman–Crippen LogP) is 5.53. The van der Waals surface area contributed by atoms with E-state index in [1.165, 1.54) is 12.1 Å². The Morgan fingerprint density at radius 1 is 1.23 bits per heavy atom. The van der Waals surface area contributed by atoms with Gasteiger partial charge in [0.25, 0.3) is 0 Å². The van der Waals surface area contributed by atoms with E-state index in [4.69, 9.17) is 4.98 Å². The van der Waals surface area contributed by atoms with Gasteiger partial charge in [-0.05, 0) is 43.0 Å². The van der Waals surface area contributed by atoms with Crippen molar-refractivity contribution in [2.24, 2.45) is 0 Å². The van der Waals surface area contributed by atoms with Gasteiger partial charge >= 0.3 is 6.18 Å². The van der Waals surface area contributed by atoms with Gasteiger partial charge in [0.15, 0.2) is 0 Å². The molecule has 3 rings (SSSR count). The highest BCUT2D eigenvalue weighted by molar-refractivity contribution is 5.76. The van der Waals surface area contributed by atoms with Crippen LogP contribution in [0.1, 0.15) is 44.2 Å². The molecular weight excluding hydrogens is 339 g/mol. The minimum absolute atomic E-state index is 0.152. The molecule has 0 atom stereocenters. The number of fused-ring (bicyclic) bond motifs is 1. The van der Waals surface area contributed by atoms with E-state index in [2.05, 4.69) is 23.2 Å². The number of rotatable bonds is 3. The second-order valence-electron chi connectivity index (χ2n) is 6.89. The molecule has 1 aliphatic rings. The monoisotopic (exact) mass is 363 g/mol. The van der Waals surface area contributed by atoms with Crippen LogP contribution in [0.3, 0.4) is 0 Å². The molecule has 0 bridgehead atoms. The number of hydrogen-bond acceptors (Lipinski definition) is 3. The first-order valence-corrected chi connectivity index (χ1v) is 9.02. The van der Waals surface area contributed by atoms with Crippen molar-refractivity contribution in [2.45, 2.75) is 39.3 Å². The Balaban J connectivity index is 2.17. The number of nitrogens with one attached hydrogen (secondary N) is 1. The van der Waals surface area contributed by atoms with E-state index in [0.717, 1.165) is 49.2 Å². The molecule has 0 spiro atoms. The average Bonchev–Trinajstić information content (AvgIpc) is 2.81. The summed E-state index contributed by atoms with van der Waals surface area (Å²) in [6.07, 6.45) is -3.36. The third-order valence-corrected chi connectivity index (χ3v) is 4.74. The quantitative estimate of drug-likeness (QED) is 0.777. The molecule has 2 heterocycles. The largest absolute Gasteiger partial charge is 0.416 e. The Morgan fingerprint density at radius 3 is 2.65 bits per heavy atom. The number of hydrogen-bond donors (Lipinski definition) is 1. The molecule has 0 amide bonds. The Bertz CT molecular complexity index is 784. The smallest absolute Gasteiger partial charge is 0.369 e. The molecule has 0 radical (unpaired) electrons. The minimum atomic E-state index is -4.36. The maximum atomic E-state index is 13.1. The maximum absolute atomic E-state index is 13.1. The lowest BCUT2D eigenvalue weighted by molar-refractivity contribution is -0.137. The number of benzene rings is 1. The van der Waals surface area contributed by atoms with Gasteiger partial charge in [0.05, 0.1) is 16.9 Å². The van der Waals surface area contributed by atoms with E-state index in [1.54, 1.807) is 6.07 Å². The van der Waals surface area contributed by atoms with Gasteiger partial charge in [-0.2, -0.15) is 13.2 Å². The van der Waals surface area contributed by atoms with Gasteiger partial charge in [-0.3, -0.25) is 0 Å². The highest BCUT2D eigenvalue weighted by Gasteiger charge is 2.31. The topological polar surface area (TPSA) is 28.2 Å². The van der Waals surface area contributed by atoms with Crippen LogP contribution < -0.4 is 10.2 Å². The lowest BCUT2D eigenvalue weighted by atomic mass is 9.95. The average molecular weight is 363 g/mol. The zero-order valence-corrected chi connectivity index (χ0v) is 15.3. The van der Waals surface area contributed by atoms with Crippen molar-refractivity contribution in [3.63, 3.8) is 0 Å². The lowest BCUT2D eigenvalue weighted by Gasteiger charge is -2.25. The van der Waals surface area contributed by atoms with Gasteiger partial charge in [0.2, 0.25) is 0 Å². The summed E-state index contributed by atoms with van der Waals surface area (Å²) in [5.41, 5.74) is 2.47. The zero-order chi connectivity index (χ0) is 18.9. The molecule has 140 valence electrons. The van der Waals surface area contributed by atoms with Crippen LogP contribution in [0.15, 0.2) is 30.3 Å². The van der Waals surface area contributed by atoms with Gasteiger partial charge < -0.3 is 10.2 Å². The summed E-state index contributed by atoms with van der Waals surface area (Å²) in [6.45, 7) is 8.81. The summed E-state index contributed by atoms with van der Waals surface area (Å²) in [5.74, 6) is 0.903. The van der Waals surface area contributed by atoms with Crippen LogP contribution in [0.2, 0.25) is 0 Å². The van der Waals surface area contributed by atoms with Crippen molar-refractivity contribution >= 4 is 11.5 Å². The van der Waals surface area contributed by atoms with Crippen molar-refractivity contribution in [1.29, 1.82) is 0 Å². The molecule has 1 N–H and O–H groups in total. The molecule has 0 fully saturated rings. The Morgan fingerprint density at radius 2 is 2.00 bits per heavy atom. The fraction of sp³-hybridized carbons (Fsp3) is 0.450. The highest BCUT2D eigenvalue weighted by atomic mass is 19.4. The summed E-state index contributed by atoms with van der Waals surface area (Å²) in [7, 11) is 0. The van der Waals surface area contributed by atoms with Crippen LogP contribution in [-0.4, -0.2) is 24.6 Å². The fourth-order valence-electron chi connectivity index (χ4n) is 3.33. The Hall–Kier alpha value is -2.24. The molecule has 1 aliphatic heterocycles. The third kappa shape index (κ3) is 3.64. The van der Waals surface area contributed by atoms with Crippen LogP contribution >= 0.6 is 0 Å². The van der Waals surface area contributed by atoms with E-state index in [0.29, 0.717) is 11.3 Å². The molecule has 6 heteroatoms. The van der Waals surface area contributed by atoms with Crippen molar-refractivity contribution in [3.05, 3.63) is 41.5 Å². The number of aromatic nitrogens is 1. The molecule has 1 aromatic heterocycles. The summed E-state index contributed by atoms with van der Waals surface area (Å²) in [6, 6.07) is 7.52. The van der Waals surface area contributed by atoms with Crippen molar-refractivity contribution < 1.29 is 13.2 Å². The van der Waals surface area contributed by atoms with Gasteiger partial charge in [0.1, 0.15) is 5.82 Å². The second kappa shape index (κ2) is 7.17. The zero-order valence-electron chi connectivity index (χ0n) is 15.3. The highest BCUT2D eigenvalue weighted by Crippen LogP contribution is 2.38. The Labute approximate surface area is 152 Å². The molecule has 26 heavy (non-hydrogen) atoms. The number of anilines is 2. The van der Waals surface area contributed by atoms with Crippen LogP contribution in [0.25, 0.3) is 11.3 Å². The first kappa shape index (κ1) is 18.5. The van der Waals surface area contributed by atoms with Crippen LogP contribution in [0.4, 0.5) is 24.7 Å². The second-order valence-corrected chi connectivity index (χ2v) is 6.89. The van der Waals surface area contributed by atoms with E-state index >= 15 is 0 Å². The molecule has 0 saturated heterocycles. The lowest BCUT2D eigenvalue weighted by Crippen LogP contribution is -2.23. The molecule has 3 nitrogen and oxygen atoms in total. The number of nitrogens with zero attached hydrogens (tertiary/aromatic N) is 2. The first-order chi connectivity index (χ1) is 12.3. The molecule has 0 unspecified atom stereocenters. The van der Waals surface area contributed by atoms with E-state index in [1.807, 2.05) is 13.8 Å². The minimum Gasteiger partial charge on any atom is -0.369 e. The Kier molecular flexibility index (Phi) is 5.12. The molecule has 0 saturated carbocycles. The first-order valence-electron chi connectivity index (χ1n) is 9.02. The van der Waals surface area contributed by atoms with Gasteiger partial charge in [0, 0.05) is 25.2 Å². The van der Waals surface area contributed by atoms with Crippen LogP contribution in [0, 0.1) is 0 Å². The van der Waals surface area contributed by atoms with Crippen molar-refractivity contribution in [3.8, 4) is 11.3 Å². The standard InChI is InChI=1S/C20H24F3N3/c1-4-26-10-6-9-24-19-17(26)12-16(13(2)3)18(25-19)14-7-5-8-15(11-14)20(21,22)23/h5,7-8,11-13H,4,6,9-10H2,1-3H3,(H,24,25). The van der Waals surface area contributed by atoms with Crippen LogP contribution in [-0.2, 0) is 6.18 Å². The summed E-state index contributed by atoms with van der Waals surface area (Å²) >= 11 is 0. The summed E-state index contributed by atoms with van der Waals surface area (Å²) in [4.78, 5) is 7.03. The van der Waals surface area contributed by atoms with E-state index < -0.39 is 11.7 Å². The van der Waals surface area contributed by atoms with Crippen LogP contribution in [0.5, 0.6) is 0 Å². The normalized spacial score (nSPS) is 14.8. The number of halogens is 3. The SMILES string of the molecule is CCN1CCCNc2nc(-c3cccc(C(F)(F)F)c3)c(C(C)C)cc21. The predicted molar refractivity (Wildman–Crippen MR) is 99.8 cm³/mol.